The van der Waals surface area contributed by atoms with Crippen LogP contribution >= 0.6 is 0 Å². The Morgan fingerprint density at radius 2 is 1.72 bits per heavy atom. The Labute approximate surface area is 110 Å². The summed E-state index contributed by atoms with van der Waals surface area (Å²) in [5.74, 6) is 0.454. The van der Waals surface area contributed by atoms with Gasteiger partial charge in [-0.25, -0.2) is 0 Å². The zero-order chi connectivity index (χ0) is 13.9. The van der Waals surface area contributed by atoms with Crippen LogP contribution in [0.5, 0.6) is 0 Å². The van der Waals surface area contributed by atoms with Crippen molar-refractivity contribution in [3.63, 3.8) is 0 Å². The number of hydrogen-bond acceptors (Lipinski definition) is 2. The van der Waals surface area contributed by atoms with Crippen molar-refractivity contribution in [2.45, 2.75) is 53.5 Å². The zero-order valence-corrected chi connectivity index (χ0v) is 12.2. The van der Waals surface area contributed by atoms with Gasteiger partial charge in [-0.15, -0.1) is 0 Å². The average Bonchev–Trinajstić information content (AvgIpc) is 2.28. The summed E-state index contributed by atoms with van der Waals surface area (Å²) in [5, 5.41) is 2.83. The second-order valence-electron chi connectivity index (χ2n) is 6.23. The fourth-order valence-corrected chi connectivity index (χ4v) is 2.15. The summed E-state index contributed by atoms with van der Waals surface area (Å²) in [7, 11) is 0. The topological polar surface area (TPSA) is 49.4 Å². The predicted molar refractivity (Wildman–Crippen MR) is 72.0 cm³/mol. The van der Waals surface area contributed by atoms with Crippen molar-refractivity contribution in [3.05, 3.63) is 0 Å². The van der Waals surface area contributed by atoms with E-state index in [4.69, 9.17) is 0 Å². The van der Waals surface area contributed by atoms with Gasteiger partial charge in [-0.2, -0.15) is 0 Å². The van der Waals surface area contributed by atoms with E-state index in [1.807, 2.05) is 18.7 Å². The number of carbonyl (C=O) groups excluding carboxylic acids is 2. The van der Waals surface area contributed by atoms with Crippen molar-refractivity contribution in [2.24, 2.45) is 11.3 Å². The highest BCUT2D eigenvalue weighted by Gasteiger charge is 2.39. The average molecular weight is 254 g/mol. The molecule has 4 nitrogen and oxygen atoms in total. The normalized spacial score (nSPS) is 18.0. The number of likely N-dealkylation sites (tertiary alicyclic amines) is 1. The highest BCUT2D eigenvalue weighted by atomic mass is 16.2. The number of amides is 2. The van der Waals surface area contributed by atoms with E-state index in [-0.39, 0.29) is 17.9 Å². The van der Waals surface area contributed by atoms with Crippen molar-refractivity contribution in [1.29, 1.82) is 0 Å². The summed E-state index contributed by atoms with van der Waals surface area (Å²) in [6.07, 6.45) is 2.07. The van der Waals surface area contributed by atoms with Gasteiger partial charge in [-0.3, -0.25) is 9.59 Å². The van der Waals surface area contributed by atoms with Gasteiger partial charge >= 0.3 is 0 Å². The summed E-state index contributed by atoms with van der Waals surface area (Å²) >= 11 is 0. The monoisotopic (exact) mass is 254 g/mol. The Hall–Kier alpha value is -1.06. The number of piperidine rings is 1. The molecule has 1 rings (SSSR count). The molecule has 0 aliphatic carbocycles. The summed E-state index contributed by atoms with van der Waals surface area (Å²) in [6, 6.07) is 0.0611. The Morgan fingerprint density at radius 3 is 2.17 bits per heavy atom. The third-order valence-electron chi connectivity index (χ3n) is 3.59. The van der Waals surface area contributed by atoms with Crippen molar-refractivity contribution in [3.8, 4) is 0 Å². The van der Waals surface area contributed by atoms with E-state index in [1.54, 1.807) is 13.8 Å². The van der Waals surface area contributed by atoms with E-state index < -0.39 is 5.41 Å². The molecule has 2 amide bonds. The van der Waals surface area contributed by atoms with Crippen molar-refractivity contribution in [2.75, 3.05) is 13.1 Å². The first-order valence-corrected chi connectivity index (χ1v) is 6.85. The van der Waals surface area contributed by atoms with Gasteiger partial charge in [0.2, 0.25) is 11.8 Å². The maximum absolute atomic E-state index is 12.4. The van der Waals surface area contributed by atoms with Gasteiger partial charge in [0.05, 0.1) is 0 Å². The lowest BCUT2D eigenvalue weighted by molar-refractivity contribution is -0.149. The molecule has 1 aliphatic rings. The molecule has 0 spiro atoms. The lowest BCUT2D eigenvalue weighted by Gasteiger charge is -2.35. The van der Waals surface area contributed by atoms with Crippen LogP contribution in [-0.2, 0) is 9.59 Å². The second kappa shape index (κ2) is 5.72. The molecule has 0 bridgehead atoms. The quantitative estimate of drug-likeness (QED) is 0.781. The van der Waals surface area contributed by atoms with Gasteiger partial charge in [-0.1, -0.05) is 6.92 Å². The Morgan fingerprint density at radius 1 is 1.22 bits per heavy atom. The first kappa shape index (κ1) is 15.0. The van der Waals surface area contributed by atoms with Gasteiger partial charge in [0, 0.05) is 19.1 Å². The van der Waals surface area contributed by atoms with E-state index in [0.717, 1.165) is 25.9 Å². The summed E-state index contributed by atoms with van der Waals surface area (Å²) in [6.45, 7) is 11.0. The Bertz CT molecular complexity index is 316. The van der Waals surface area contributed by atoms with E-state index in [9.17, 15) is 9.59 Å². The van der Waals surface area contributed by atoms with Crippen molar-refractivity contribution < 1.29 is 9.59 Å². The number of hydrogen-bond donors (Lipinski definition) is 1. The number of rotatable bonds is 3. The zero-order valence-electron chi connectivity index (χ0n) is 12.2. The largest absolute Gasteiger partial charge is 0.353 e. The molecule has 0 aromatic heterocycles. The molecule has 1 N–H and O–H groups in total. The molecule has 0 saturated carbocycles. The molecule has 1 saturated heterocycles. The minimum Gasteiger partial charge on any atom is -0.353 e. The van der Waals surface area contributed by atoms with Crippen LogP contribution in [0.25, 0.3) is 0 Å². The predicted octanol–water partition coefficient (Wildman–Crippen LogP) is 1.80. The van der Waals surface area contributed by atoms with Crippen LogP contribution in [0.2, 0.25) is 0 Å². The van der Waals surface area contributed by atoms with Crippen molar-refractivity contribution >= 4 is 11.8 Å². The molecular formula is C14H26N2O2. The first-order valence-electron chi connectivity index (χ1n) is 6.85. The fourth-order valence-electron chi connectivity index (χ4n) is 2.15. The molecule has 0 radical (unpaired) electrons. The SMILES string of the molecule is CC1CCN(C(=O)C(C)(C)C(=O)NC(C)C)CC1. The number of carbonyl (C=O) groups is 2. The van der Waals surface area contributed by atoms with Crippen LogP contribution in [0.1, 0.15) is 47.5 Å². The molecule has 4 heteroatoms. The van der Waals surface area contributed by atoms with Crippen LogP contribution in [0.15, 0.2) is 0 Å². The number of nitrogens with one attached hydrogen (secondary N) is 1. The third kappa shape index (κ3) is 3.47. The Balaban J connectivity index is 2.66. The van der Waals surface area contributed by atoms with Crippen molar-refractivity contribution in [1.82, 2.24) is 10.2 Å². The lowest BCUT2D eigenvalue weighted by atomic mass is 9.88. The molecule has 104 valence electrons. The maximum atomic E-state index is 12.4. The van der Waals surface area contributed by atoms with E-state index >= 15 is 0 Å². The summed E-state index contributed by atoms with van der Waals surface area (Å²) in [5.41, 5.74) is -0.967. The van der Waals surface area contributed by atoms with E-state index in [0.29, 0.717) is 5.92 Å². The molecule has 0 unspecified atom stereocenters. The fraction of sp³-hybridized carbons (Fsp3) is 0.857. The molecule has 18 heavy (non-hydrogen) atoms. The van der Waals surface area contributed by atoms with Gasteiger partial charge in [0.15, 0.2) is 0 Å². The molecular weight excluding hydrogens is 228 g/mol. The molecule has 0 aromatic rings. The van der Waals surface area contributed by atoms with Gasteiger partial charge < -0.3 is 10.2 Å². The minimum absolute atomic E-state index is 0.0486. The standard InChI is InChI=1S/C14H26N2O2/c1-10(2)15-12(17)14(4,5)13(18)16-8-6-11(3)7-9-16/h10-11H,6-9H2,1-5H3,(H,15,17). The molecule has 0 atom stereocenters. The van der Waals surface area contributed by atoms with Crippen LogP contribution in [0.3, 0.4) is 0 Å². The van der Waals surface area contributed by atoms with Gasteiger partial charge in [0.1, 0.15) is 5.41 Å². The second-order valence-corrected chi connectivity index (χ2v) is 6.23. The lowest BCUT2D eigenvalue weighted by Crippen LogP contribution is -2.52. The number of nitrogens with zero attached hydrogens (tertiary/aromatic N) is 1. The highest BCUT2D eigenvalue weighted by Crippen LogP contribution is 2.24. The molecule has 1 aliphatic heterocycles. The smallest absolute Gasteiger partial charge is 0.237 e. The van der Waals surface area contributed by atoms with Gasteiger partial charge in [0.25, 0.3) is 0 Å². The molecule has 1 heterocycles. The highest BCUT2D eigenvalue weighted by molar-refractivity contribution is 6.04. The minimum atomic E-state index is -0.967. The van der Waals surface area contributed by atoms with E-state index in [1.165, 1.54) is 0 Å². The molecule has 1 fully saturated rings. The van der Waals surface area contributed by atoms with Crippen LogP contribution in [0, 0.1) is 11.3 Å². The summed E-state index contributed by atoms with van der Waals surface area (Å²) < 4.78 is 0. The van der Waals surface area contributed by atoms with Crippen LogP contribution in [-0.4, -0.2) is 35.8 Å². The first-order chi connectivity index (χ1) is 8.25. The molecule has 0 aromatic carbocycles. The third-order valence-corrected chi connectivity index (χ3v) is 3.59. The van der Waals surface area contributed by atoms with Gasteiger partial charge in [-0.05, 0) is 46.5 Å². The Kier molecular flexibility index (Phi) is 4.77. The van der Waals surface area contributed by atoms with E-state index in [2.05, 4.69) is 12.2 Å². The van der Waals surface area contributed by atoms with Crippen LogP contribution in [0.4, 0.5) is 0 Å². The van der Waals surface area contributed by atoms with Crippen LogP contribution < -0.4 is 5.32 Å². The maximum Gasteiger partial charge on any atom is 0.237 e. The summed E-state index contributed by atoms with van der Waals surface area (Å²) in [4.78, 5) is 26.3.